The second-order valence-electron chi connectivity index (χ2n) is 5.98. The number of nitrogens with zero attached hydrogens (tertiary/aromatic N) is 2. The summed E-state index contributed by atoms with van der Waals surface area (Å²) in [4.78, 5) is 24.6. The molecule has 9 heteroatoms. The predicted molar refractivity (Wildman–Crippen MR) is 79.9 cm³/mol. The number of carbonyl (C=O) groups is 2. The average molecular weight is 333 g/mol. The van der Waals surface area contributed by atoms with E-state index in [2.05, 4.69) is 5.32 Å². The van der Waals surface area contributed by atoms with Gasteiger partial charge in [-0.25, -0.2) is 13.2 Å². The first-order valence-corrected chi connectivity index (χ1v) is 9.36. The summed E-state index contributed by atoms with van der Waals surface area (Å²) in [5.41, 5.74) is 0. The highest BCUT2D eigenvalue weighted by Crippen LogP contribution is 2.20. The molecular weight excluding hydrogens is 310 g/mol. The van der Waals surface area contributed by atoms with Crippen molar-refractivity contribution in [3.63, 3.8) is 0 Å². The van der Waals surface area contributed by atoms with E-state index in [1.807, 2.05) is 0 Å². The van der Waals surface area contributed by atoms with Crippen LogP contribution in [0.3, 0.4) is 0 Å². The number of rotatable bonds is 4. The molecule has 2 aliphatic rings. The Kier molecular flexibility index (Phi) is 5.28. The lowest BCUT2D eigenvalue weighted by Gasteiger charge is -2.31. The zero-order valence-corrected chi connectivity index (χ0v) is 13.5. The SMILES string of the molecule is CS(=O)(=O)N1CCC[C@@H]1CNC(=O)N1CCCC(C(=O)O)C1. The van der Waals surface area contributed by atoms with Crippen molar-refractivity contribution in [3.05, 3.63) is 0 Å². The van der Waals surface area contributed by atoms with Gasteiger partial charge >= 0.3 is 12.0 Å². The Labute approximate surface area is 130 Å². The number of sulfonamides is 1. The van der Waals surface area contributed by atoms with Crippen LogP contribution in [0, 0.1) is 5.92 Å². The number of carboxylic acid groups (broad SMARTS) is 1. The molecule has 0 aromatic rings. The minimum atomic E-state index is -3.25. The third-order valence-electron chi connectivity index (χ3n) is 4.30. The summed E-state index contributed by atoms with van der Waals surface area (Å²) in [7, 11) is -3.25. The van der Waals surface area contributed by atoms with Gasteiger partial charge in [0.25, 0.3) is 0 Å². The van der Waals surface area contributed by atoms with E-state index in [1.54, 1.807) is 0 Å². The van der Waals surface area contributed by atoms with Gasteiger partial charge in [-0.05, 0) is 25.7 Å². The van der Waals surface area contributed by atoms with Gasteiger partial charge in [0.05, 0.1) is 12.2 Å². The van der Waals surface area contributed by atoms with Crippen LogP contribution in [-0.2, 0) is 14.8 Å². The quantitative estimate of drug-likeness (QED) is 0.748. The van der Waals surface area contributed by atoms with E-state index in [9.17, 15) is 18.0 Å². The third-order valence-corrected chi connectivity index (χ3v) is 5.63. The number of piperidine rings is 1. The normalized spacial score (nSPS) is 26.9. The monoisotopic (exact) mass is 333 g/mol. The molecule has 0 radical (unpaired) electrons. The van der Waals surface area contributed by atoms with E-state index in [1.165, 1.54) is 15.5 Å². The number of nitrogens with one attached hydrogen (secondary N) is 1. The van der Waals surface area contributed by atoms with Crippen LogP contribution in [0.15, 0.2) is 0 Å². The molecule has 0 spiro atoms. The molecule has 2 saturated heterocycles. The second kappa shape index (κ2) is 6.82. The molecule has 2 amide bonds. The number of urea groups is 1. The Morgan fingerprint density at radius 1 is 1.23 bits per heavy atom. The smallest absolute Gasteiger partial charge is 0.317 e. The molecule has 0 aliphatic carbocycles. The first kappa shape index (κ1) is 17.0. The fourth-order valence-corrected chi connectivity index (χ4v) is 4.31. The van der Waals surface area contributed by atoms with Gasteiger partial charge in [0.15, 0.2) is 0 Å². The van der Waals surface area contributed by atoms with Gasteiger partial charge in [-0.15, -0.1) is 0 Å². The first-order valence-electron chi connectivity index (χ1n) is 7.51. The molecule has 22 heavy (non-hydrogen) atoms. The van der Waals surface area contributed by atoms with Gasteiger partial charge in [-0.2, -0.15) is 4.31 Å². The molecule has 2 fully saturated rings. The van der Waals surface area contributed by atoms with E-state index < -0.39 is 21.9 Å². The van der Waals surface area contributed by atoms with E-state index in [0.717, 1.165) is 12.8 Å². The van der Waals surface area contributed by atoms with Crippen molar-refractivity contribution in [1.82, 2.24) is 14.5 Å². The van der Waals surface area contributed by atoms with E-state index in [-0.39, 0.29) is 25.2 Å². The third kappa shape index (κ3) is 4.10. The van der Waals surface area contributed by atoms with Gasteiger partial charge in [0.2, 0.25) is 10.0 Å². The van der Waals surface area contributed by atoms with Crippen molar-refractivity contribution in [2.45, 2.75) is 31.7 Å². The lowest BCUT2D eigenvalue weighted by Crippen LogP contribution is -2.50. The van der Waals surface area contributed by atoms with Crippen LogP contribution in [0.2, 0.25) is 0 Å². The minimum absolute atomic E-state index is 0.209. The largest absolute Gasteiger partial charge is 0.481 e. The Hall–Kier alpha value is -1.35. The average Bonchev–Trinajstić information content (AvgIpc) is 2.93. The Bertz CT molecular complexity index is 536. The van der Waals surface area contributed by atoms with Crippen molar-refractivity contribution in [1.29, 1.82) is 0 Å². The number of amides is 2. The molecular formula is C13H23N3O5S. The number of aliphatic carboxylic acids is 1. The Balaban J connectivity index is 1.86. The molecule has 2 heterocycles. The molecule has 2 N–H and O–H groups in total. The molecule has 2 rings (SSSR count). The number of carbonyl (C=O) groups excluding carboxylic acids is 1. The van der Waals surface area contributed by atoms with E-state index in [4.69, 9.17) is 5.11 Å². The van der Waals surface area contributed by atoms with Gasteiger partial charge in [0, 0.05) is 32.2 Å². The number of hydrogen-bond donors (Lipinski definition) is 2. The molecule has 0 aromatic carbocycles. The van der Waals surface area contributed by atoms with E-state index in [0.29, 0.717) is 25.9 Å². The summed E-state index contributed by atoms with van der Waals surface area (Å²) in [6.45, 7) is 1.50. The Morgan fingerprint density at radius 3 is 2.55 bits per heavy atom. The number of hydrogen-bond acceptors (Lipinski definition) is 4. The highest BCUT2D eigenvalue weighted by molar-refractivity contribution is 7.88. The van der Waals surface area contributed by atoms with Crippen molar-refractivity contribution in [3.8, 4) is 0 Å². The Morgan fingerprint density at radius 2 is 1.91 bits per heavy atom. The maximum atomic E-state index is 12.1. The van der Waals surface area contributed by atoms with Crippen molar-refractivity contribution in [2.75, 3.05) is 32.4 Å². The standard InChI is InChI=1S/C13H23N3O5S/c1-22(20,21)16-7-3-5-11(16)8-14-13(19)15-6-2-4-10(9-15)12(17)18/h10-11H,2-9H2,1H3,(H,14,19)(H,17,18)/t10?,11-/m1/s1. The lowest BCUT2D eigenvalue weighted by molar-refractivity contribution is -0.143. The summed E-state index contributed by atoms with van der Waals surface area (Å²) in [6, 6.07) is -0.523. The summed E-state index contributed by atoms with van der Waals surface area (Å²) in [5.74, 6) is -1.39. The summed E-state index contributed by atoms with van der Waals surface area (Å²) in [6.07, 6.45) is 3.95. The highest BCUT2D eigenvalue weighted by atomic mass is 32.2. The van der Waals surface area contributed by atoms with Crippen LogP contribution >= 0.6 is 0 Å². The zero-order valence-electron chi connectivity index (χ0n) is 12.7. The van der Waals surface area contributed by atoms with Gasteiger partial charge in [-0.1, -0.05) is 0 Å². The van der Waals surface area contributed by atoms with Crippen LogP contribution in [0.25, 0.3) is 0 Å². The van der Waals surface area contributed by atoms with Gasteiger partial charge < -0.3 is 15.3 Å². The maximum Gasteiger partial charge on any atom is 0.317 e. The first-order chi connectivity index (χ1) is 10.3. The molecule has 8 nitrogen and oxygen atoms in total. The van der Waals surface area contributed by atoms with Crippen molar-refractivity contribution >= 4 is 22.0 Å². The van der Waals surface area contributed by atoms with E-state index >= 15 is 0 Å². The number of carboxylic acids is 1. The fraction of sp³-hybridized carbons (Fsp3) is 0.846. The van der Waals surface area contributed by atoms with Crippen LogP contribution in [0.1, 0.15) is 25.7 Å². The van der Waals surface area contributed by atoms with Crippen LogP contribution in [-0.4, -0.2) is 73.2 Å². The molecule has 0 saturated carbocycles. The lowest BCUT2D eigenvalue weighted by atomic mass is 9.99. The summed E-state index contributed by atoms with van der Waals surface area (Å²) < 4.78 is 24.7. The molecule has 0 aromatic heterocycles. The van der Waals surface area contributed by atoms with Gasteiger partial charge in [-0.3, -0.25) is 4.79 Å². The summed E-state index contributed by atoms with van der Waals surface area (Å²) >= 11 is 0. The maximum absolute atomic E-state index is 12.1. The number of likely N-dealkylation sites (tertiary alicyclic amines) is 1. The van der Waals surface area contributed by atoms with Crippen LogP contribution in [0.5, 0.6) is 0 Å². The molecule has 1 unspecified atom stereocenters. The second-order valence-corrected chi connectivity index (χ2v) is 7.91. The van der Waals surface area contributed by atoms with Crippen molar-refractivity contribution in [2.24, 2.45) is 5.92 Å². The van der Waals surface area contributed by atoms with Gasteiger partial charge in [0.1, 0.15) is 0 Å². The topological polar surface area (TPSA) is 107 Å². The fourth-order valence-electron chi connectivity index (χ4n) is 3.13. The zero-order chi connectivity index (χ0) is 16.3. The minimum Gasteiger partial charge on any atom is -0.481 e. The summed E-state index contributed by atoms with van der Waals surface area (Å²) in [5, 5.41) is 11.8. The van der Waals surface area contributed by atoms with Crippen LogP contribution in [0.4, 0.5) is 4.79 Å². The highest BCUT2D eigenvalue weighted by Gasteiger charge is 2.33. The molecule has 2 aliphatic heterocycles. The molecule has 2 atom stereocenters. The predicted octanol–water partition coefficient (Wildman–Crippen LogP) is -0.0834. The molecule has 126 valence electrons. The van der Waals surface area contributed by atoms with Crippen LogP contribution < -0.4 is 5.32 Å². The van der Waals surface area contributed by atoms with Crippen molar-refractivity contribution < 1.29 is 23.1 Å². The molecule has 0 bridgehead atoms.